The molecule has 138 valence electrons. The predicted octanol–water partition coefficient (Wildman–Crippen LogP) is 4.31. The highest BCUT2D eigenvalue weighted by Crippen LogP contribution is 2.23. The molecule has 0 radical (unpaired) electrons. The number of aryl methyl sites for hydroxylation is 2. The molecule has 0 aliphatic rings. The highest BCUT2D eigenvalue weighted by molar-refractivity contribution is 7.71. The molecule has 0 spiro atoms. The van der Waals surface area contributed by atoms with Crippen LogP contribution in [-0.4, -0.2) is 19.1 Å². The summed E-state index contributed by atoms with van der Waals surface area (Å²) in [6.45, 7) is 3.36. The van der Waals surface area contributed by atoms with Gasteiger partial charge in [0.15, 0.2) is 4.77 Å². The van der Waals surface area contributed by atoms with Gasteiger partial charge in [-0.2, -0.15) is 0 Å². The Morgan fingerprint density at radius 3 is 2.78 bits per heavy atom. The van der Waals surface area contributed by atoms with Crippen molar-refractivity contribution in [1.82, 2.24) is 19.1 Å². The summed E-state index contributed by atoms with van der Waals surface area (Å²) in [4.78, 5) is 22.4. The Bertz CT molecular complexity index is 1180. The Morgan fingerprint density at radius 1 is 1.22 bits per heavy atom. The van der Waals surface area contributed by atoms with Gasteiger partial charge in [-0.15, -0.1) is 11.3 Å². The van der Waals surface area contributed by atoms with Gasteiger partial charge in [-0.25, -0.2) is 4.98 Å². The van der Waals surface area contributed by atoms with Crippen LogP contribution in [0.2, 0.25) is 0 Å². The second-order valence-corrected chi connectivity index (χ2v) is 8.13. The number of imidazole rings is 1. The fraction of sp³-hybridized carbons (Fsp3) is 0.250. The number of H-pyrrole nitrogens is 1. The fourth-order valence-electron chi connectivity index (χ4n) is 3.19. The van der Waals surface area contributed by atoms with Gasteiger partial charge in [0.05, 0.1) is 17.4 Å². The van der Waals surface area contributed by atoms with Crippen molar-refractivity contribution in [3.63, 3.8) is 0 Å². The topological polar surface area (TPSA) is 55.6 Å². The SMILES string of the molecule is Cc1cn(CCCn2c(=S)[nH]c3sc(Cc4ccccc4)cc3c2=O)cn1. The first-order valence-corrected chi connectivity index (χ1v) is 10.1. The number of benzene rings is 1. The van der Waals surface area contributed by atoms with Crippen LogP contribution in [0.15, 0.2) is 53.7 Å². The van der Waals surface area contributed by atoms with Crippen molar-refractivity contribution in [1.29, 1.82) is 0 Å². The molecule has 1 aromatic carbocycles. The van der Waals surface area contributed by atoms with Crippen LogP contribution in [0, 0.1) is 11.7 Å². The third-order valence-corrected chi connectivity index (χ3v) is 5.88. The average Bonchev–Trinajstić information content (AvgIpc) is 3.24. The van der Waals surface area contributed by atoms with Crippen LogP contribution in [0.3, 0.4) is 0 Å². The number of rotatable bonds is 6. The second kappa shape index (κ2) is 7.62. The summed E-state index contributed by atoms with van der Waals surface area (Å²) in [6, 6.07) is 12.3. The van der Waals surface area contributed by atoms with Crippen molar-refractivity contribution in [2.24, 2.45) is 0 Å². The molecule has 4 aromatic rings. The van der Waals surface area contributed by atoms with Gasteiger partial charge >= 0.3 is 0 Å². The van der Waals surface area contributed by atoms with E-state index in [0.29, 0.717) is 11.3 Å². The molecular formula is C20H20N4OS2. The molecule has 3 heterocycles. The summed E-state index contributed by atoms with van der Waals surface area (Å²) in [7, 11) is 0. The first-order valence-electron chi connectivity index (χ1n) is 8.88. The third kappa shape index (κ3) is 3.94. The normalized spacial score (nSPS) is 11.3. The Hall–Kier alpha value is -2.51. The second-order valence-electron chi connectivity index (χ2n) is 6.61. The molecule has 0 unspecified atom stereocenters. The number of nitrogens with one attached hydrogen (secondary N) is 1. The molecule has 0 bridgehead atoms. The maximum Gasteiger partial charge on any atom is 0.263 e. The van der Waals surface area contributed by atoms with Crippen molar-refractivity contribution in [3.05, 3.63) is 80.2 Å². The lowest BCUT2D eigenvalue weighted by molar-refractivity contribution is 0.546. The fourth-order valence-corrected chi connectivity index (χ4v) is 4.61. The van der Waals surface area contributed by atoms with E-state index in [2.05, 4.69) is 22.1 Å². The molecule has 0 saturated carbocycles. The first kappa shape index (κ1) is 17.9. The molecule has 0 saturated heterocycles. The van der Waals surface area contributed by atoms with E-state index in [1.165, 1.54) is 5.56 Å². The molecule has 4 rings (SSSR count). The molecule has 0 aliphatic heterocycles. The lowest BCUT2D eigenvalue weighted by atomic mass is 10.1. The van der Waals surface area contributed by atoms with Gasteiger partial charge in [0.1, 0.15) is 4.83 Å². The maximum absolute atomic E-state index is 12.9. The van der Waals surface area contributed by atoms with Crippen LogP contribution >= 0.6 is 23.6 Å². The van der Waals surface area contributed by atoms with Crippen molar-refractivity contribution in [2.45, 2.75) is 32.9 Å². The highest BCUT2D eigenvalue weighted by Gasteiger charge is 2.10. The largest absolute Gasteiger partial charge is 0.337 e. The minimum atomic E-state index is -0.00822. The standard InChI is InChI=1S/C20H20N4OS2/c1-14-12-23(13-21-14)8-5-9-24-19(25)17-11-16(27-18(17)22-20(24)26)10-15-6-3-2-4-7-15/h2-4,6-7,11-13H,5,8-10H2,1H3,(H,22,26). The van der Waals surface area contributed by atoms with E-state index in [9.17, 15) is 4.79 Å². The van der Waals surface area contributed by atoms with Gasteiger partial charge < -0.3 is 9.55 Å². The number of aromatic nitrogens is 4. The summed E-state index contributed by atoms with van der Waals surface area (Å²) in [6.07, 6.45) is 5.46. The summed E-state index contributed by atoms with van der Waals surface area (Å²) in [5.41, 5.74) is 2.22. The lowest BCUT2D eigenvalue weighted by Gasteiger charge is -2.06. The average molecular weight is 397 g/mol. The van der Waals surface area contributed by atoms with Crippen LogP contribution in [-0.2, 0) is 19.5 Å². The zero-order valence-electron chi connectivity index (χ0n) is 15.0. The van der Waals surface area contributed by atoms with Gasteiger partial charge in [0.25, 0.3) is 5.56 Å². The minimum Gasteiger partial charge on any atom is -0.337 e. The number of thiophene rings is 1. The number of nitrogens with zero attached hydrogens (tertiary/aromatic N) is 3. The lowest BCUT2D eigenvalue weighted by Crippen LogP contribution is -2.22. The van der Waals surface area contributed by atoms with E-state index in [-0.39, 0.29) is 5.56 Å². The number of aromatic amines is 1. The molecule has 1 N–H and O–H groups in total. The molecule has 0 aliphatic carbocycles. The van der Waals surface area contributed by atoms with Gasteiger partial charge in [0, 0.05) is 30.6 Å². The summed E-state index contributed by atoms with van der Waals surface area (Å²) < 4.78 is 4.19. The first-order chi connectivity index (χ1) is 13.1. The molecule has 27 heavy (non-hydrogen) atoms. The van der Waals surface area contributed by atoms with Crippen LogP contribution in [0.4, 0.5) is 0 Å². The van der Waals surface area contributed by atoms with Gasteiger partial charge in [-0.1, -0.05) is 30.3 Å². The van der Waals surface area contributed by atoms with Crippen molar-refractivity contribution >= 4 is 33.8 Å². The highest BCUT2D eigenvalue weighted by atomic mass is 32.1. The number of fused-ring (bicyclic) bond motifs is 1. The monoisotopic (exact) mass is 396 g/mol. The predicted molar refractivity (Wildman–Crippen MR) is 112 cm³/mol. The Labute approximate surface area is 166 Å². The van der Waals surface area contributed by atoms with E-state index in [0.717, 1.165) is 40.2 Å². The van der Waals surface area contributed by atoms with Crippen molar-refractivity contribution < 1.29 is 0 Å². The maximum atomic E-state index is 12.9. The van der Waals surface area contributed by atoms with Crippen LogP contribution in [0.25, 0.3) is 10.2 Å². The zero-order chi connectivity index (χ0) is 18.8. The molecule has 0 fully saturated rings. The van der Waals surface area contributed by atoms with Crippen molar-refractivity contribution in [3.8, 4) is 0 Å². The van der Waals surface area contributed by atoms with E-state index < -0.39 is 0 Å². The minimum absolute atomic E-state index is 0.00822. The van der Waals surface area contributed by atoms with Gasteiger partial charge in [-0.05, 0) is 37.2 Å². The van der Waals surface area contributed by atoms with Crippen LogP contribution in [0.1, 0.15) is 22.6 Å². The summed E-state index contributed by atoms with van der Waals surface area (Å²) in [5, 5.41) is 0.720. The van der Waals surface area contributed by atoms with Crippen LogP contribution < -0.4 is 5.56 Å². The Balaban J connectivity index is 1.56. The third-order valence-electron chi connectivity index (χ3n) is 4.51. The summed E-state index contributed by atoms with van der Waals surface area (Å²) >= 11 is 7.04. The van der Waals surface area contributed by atoms with Crippen LogP contribution in [0.5, 0.6) is 0 Å². The molecule has 5 nitrogen and oxygen atoms in total. The van der Waals surface area contributed by atoms with E-state index >= 15 is 0 Å². The Kier molecular flexibility index (Phi) is 5.05. The van der Waals surface area contributed by atoms with E-state index in [4.69, 9.17) is 12.2 Å². The molecule has 0 atom stereocenters. The number of hydrogen-bond acceptors (Lipinski definition) is 4. The van der Waals surface area contributed by atoms with Crippen molar-refractivity contribution in [2.75, 3.05) is 0 Å². The molecular weight excluding hydrogens is 376 g/mol. The number of hydrogen-bond donors (Lipinski definition) is 1. The van der Waals surface area contributed by atoms with Gasteiger partial charge in [-0.3, -0.25) is 9.36 Å². The van der Waals surface area contributed by atoms with Gasteiger partial charge in [0.2, 0.25) is 0 Å². The van der Waals surface area contributed by atoms with E-state index in [1.807, 2.05) is 48.3 Å². The molecule has 3 aromatic heterocycles. The van der Waals surface area contributed by atoms with E-state index in [1.54, 1.807) is 15.9 Å². The summed E-state index contributed by atoms with van der Waals surface area (Å²) in [5.74, 6) is 0. The smallest absolute Gasteiger partial charge is 0.263 e. The zero-order valence-corrected chi connectivity index (χ0v) is 16.6. The Morgan fingerprint density at radius 2 is 2.04 bits per heavy atom. The molecule has 0 amide bonds. The quantitative estimate of drug-likeness (QED) is 0.494. The molecule has 7 heteroatoms.